The van der Waals surface area contributed by atoms with E-state index >= 15 is 0 Å². The molecule has 2 aliphatic rings. The van der Waals surface area contributed by atoms with E-state index in [4.69, 9.17) is 23.4 Å². The van der Waals surface area contributed by atoms with Crippen molar-refractivity contribution in [1.29, 1.82) is 0 Å². The normalized spacial score (nSPS) is 37.6. The predicted octanol–water partition coefficient (Wildman–Crippen LogP) is -1.62. The topological polar surface area (TPSA) is 168 Å². The second-order valence-electron chi connectivity index (χ2n) is 6.96. The van der Waals surface area contributed by atoms with E-state index in [0.29, 0.717) is 5.76 Å². The third-order valence-corrected chi connectivity index (χ3v) is 4.98. The Balaban J connectivity index is 1.78. The number of aliphatic hydroxyl groups excluding tert-OH is 5. The molecule has 2 saturated heterocycles. The molecule has 11 heteroatoms. The number of rotatable bonds is 6. The molecule has 0 bridgehead atoms. The summed E-state index contributed by atoms with van der Waals surface area (Å²) in [6.07, 6.45) is -10.5. The van der Waals surface area contributed by atoms with Crippen LogP contribution in [0.2, 0.25) is 0 Å². The lowest BCUT2D eigenvalue weighted by Gasteiger charge is -2.41. The second-order valence-corrected chi connectivity index (χ2v) is 6.96. The molecule has 29 heavy (non-hydrogen) atoms. The molecule has 0 unspecified atom stereocenters. The summed E-state index contributed by atoms with van der Waals surface area (Å²) in [5.74, 6) is -0.0586. The summed E-state index contributed by atoms with van der Waals surface area (Å²) in [4.78, 5) is 12.0. The molecule has 2 aliphatic heterocycles. The van der Waals surface area contributed by atoms with Gasteiger partial charge in [0.1, 0.15) is 59.8 Å². The fourth-order valence-corrected chi connectivity index (χ4v) is 3.39. The van der Waals surface area contributed by atoms with Crippen molar-refractivity contribution in [2.45, 2.75) is 62.9 Å². The third kappa shape index (κ3) is 4.32. The first kappa shape index (κ1) is 22.1. The number of ether oxygens (including phenoxy) is 4. The van der Waals surface area contributed by atoms with Gasteiger partial charge in [-0.3, -0.25) is 0 Å². The smallest absolute Gasteiger partial charge is 0.341 e. The van der Waals surface area contributed by atoms with Crippen LogP contribution in [0.1, 0.15) is 34.9 Å². The quantitative estimate of drug-likeness (QED) is 0.337. The van der Waals surface area contributed by atoms with Gasteiger partial charge in [0.15, 0.2) is 6.29 Å². The van der Waals surface area contributed by atoms with Crippen molar-refractivity contribution in [3.8, 4) is 0 Å². The van der Waals surface area contributed by atoms with Crippen LogP contribution in [0.25, 0.3) is 0 Å². The Morgan fingerprint density at radius 2 is 1.93 bits per heavy atom. The van der Waals surface area contributed by atoms with Crippen molar-refractivity contribution in [3.63, 3.8) is 0 Å². The van der Waals surface area contributed by atoms with E-state index in [1.807, 2.05) is 0 Å². The van der Waals surface area contributed by atoms with Crippen LogP contribution in [0, 0.1) is 6.92 Å². The molecule has 0 spiro atoms. The van der Waals surface area contributed by atoms with Gasteiger partial charge >= 0.3 is 5.97 Å². The van der Waals surface area contributed by atoms with Crippen molar-refractivity contribution >= 4 is 5.97 Å². The highest BCUT2D eigenvalue weighted by molar-refractivity contribution is 5.90. The van der Waals surface area contributed by atoms with Gasteiger partial charge in [-0.1, -0.05) is 0 Å². The van der Waals surface area contributed by atoms with Crippen molar-refractivity contribution in [1.82, 2.24) is 0 Å². The lowest BCUT2D eigenvalue weighted by molar-refractivity contribution is -0.318. The Hall–Kier alpha value is -1.57. The number of hydrogen-bond acceptors (Lipinski definition) is 11. The van der Waals surface area contributed by atoms with Gasteiger partial charge in [0, 0.05) is 0 Å². The number of furan rings is 1. The monoisotopic (exact) mass is 418 g/mol. The molecule has 2 fully saturated rings. The molecule has 5 N–H and O–H groups in total. The molecule has 1 aromatic rings. The summed E-state index contributed by atoms with van der Waals surface area (Å²) >= 11 is 0. The molecule has 3 rings (SSSR count). The van der Waals surface area contributed by atoms with E-state index in [1.165, 1.54) is 6.07 Å². The van der Waals surface area contributed by atoms with Gasteiger partial charge in [0.05, 0.1) is 19.8 Å². The fourth-order valence-electron chi connectivity index (χ4n) is 3.39. The van der Waals surface area contributed by atoms with Crippen LogP contribution in [0.4, 0.5) is 0 Å². The molecule has 8 atom stereocenters. The average molecular weight is 418 g/mol. The first-order valence-corrected chi connectivity index (χ1v) is 9.31. The minimum atomic E-state index is -1.63. The third-order valence-electron chi connectivity index (χ3n) is 4.98. The van der Waals surface area contributed by atoms with Crippen LogP contribution in [0.5, 0.6) is 0 Å². The summed E-state index contributed by atoms with van der Waals surface area (Å²) in [6.45, 7) is 2.73. The van der Waals surface area contributed by atoms with Gasteiger partial charge in [-0.15, -0.1) is 0 Å². The Kier molecular flexibility index (Phi) is 6.91. The lowest BCUT2D eigenvalue weighted by Crippen LogP contribution is -2.60. The molecule has 0 saturated carbocycles. The van der Waals surface area contributed by atoms with Gasteiger partial charge in [-0.2, -0.15) is 0 Å². The van der Waals surface area contributed by atoms with E-state index in [-0.39, 0.29) is 24.5 Å². The molecule has 0 aromatic carbocycles. The van der Waals surface area contributed by atoms with Crippen molar-refractivity contribution in [2.24, 2.45) is 0 Å². The highest BCUT2D eigenvalue weighted by Gasteiger charge is 2.48. The first-order chi connectivity index (χ1) is 13.8. The Morgan fingerprint density at radius 3 is 2.59 bits per heavy atom. The van der Waals surface area contributed by atoms with Crippen LogP contribution >= 0.6 is 0 Å². The van der Waals surface area contributed by atoms with Gasteiger partial charge in [0.25, 0.3) is 0 Å². The SMILES string of the molecule is CCOC(=O)c1cc([C@@H]2OC[C@@H](O)[C@H]2O[C@H]2O[C@H](CO)[C@@H](O)[C@H](O)[C@H]2O)oc1C. The maximum atomic E-state index is 12.0. The predicted molar refractivity (Wildman–Crippen MR) is 92.7 cm³/mol. The second kappa shape index (κ2) is 9.06. The molecule has 11 nitrogen and oxygen atoms in total. The molecule has 0 amide bonds. The Labute approximate surface area is 166 Å². The maximum absolute atomic E-state index is 12.0. The number of hydrogen-bond donors (Lipinski definition) is 5. The van der Waals surface area contributed by atoms with Gasteiger partial charge < -0.3 is 48.9 Å². The zero-order valence-electron chi connectivity index (χ0n) is 16.0. The van der Waals surface area contributed by atoms with E-state index in [2.05, 4.69) is 0 Å². The van der Waals surface area contributed by atoms with Crippen LogP contribution in [-0.4, -0.2) is 94.2 Å². The van der Waals surface area contributed by atoms with E-state index in [1.54, 1.807) is 13.8 Å². The molecular weight excluding hydrogens is 392 g/mol. The molecule has 0 aliphatic carbocycles. The zero-order chi connectivity index (χ0) is 21.3. The highest BCUT2D eigenvalue weighted by Crippen LogP contribution is 2.36. The fraction of sp³-hybridized carbons (Fsp3) is 0.722. The summed E-state index contributed by atoms with van der Waals surface area (Å²) in [6, 6.07) is 1.43. The van der Waals surface area contributed by atoms with Crippen molar-refractivity contribution < 1.29 is 53.7 Å². The Bertz CT molecular complexity index is 702. The summed E-state index contributed by atoms with van der Waals surface area (Å²) in [7, 11) is 0. The first-order valence-electron chi connectivity index (χ1n) is 9.31. The summed E-state index contributed by atoms with van der Waals surface area (Å²) in [5.41, 5.74) is 0.207. The molecule has 164 valence electrons. The van der Waals surface area contributed by atoms with E-state index in [0.717, 1.165) is 0 Å². The maximum Gasteiger partial charge on any atom is 0.341 e. The van der Waals surface area contributed by atoms with E-state index < -0.39 is 61.6 Å². The molecule has 0 radical (unpaired) electrons. The molecular formula is C18H26O11. The van der Waals surface area contributed by atoms with Gasteiger partial charge in [0.2, 0.25) is 0 Å². The van der Waals surface area contributed by atoms with Crippen LogP contribution in [0.15, 0.2) is 10.5 Å². The van der Waals surface area contributed by atoms with Crippen molar-refractivity contribution in [2.75, 3.05) is 19.8 Å². The van der Waals surface area contributed by atoms with Crippen LogP contribution < -0.4 is 0 Å². The van der Waals surface area contributed by atoms with Gasteiger partial charge in [-0.25, -0.2) is 4.79 Å². The minimum absolute atomic E-state index is 0.110. The summed E-state index contributed by atoms with van der Waals surface area (Å²) in [5, 5.41) is 49.5. The lowest BCUT2D eigenvalue weighted by atomic mass is 9.99. The number of carbonyl (C=O) groups excluding carboxylic acids is 1. The highest BCUT2D eigenvalue weighted by atomic mass is 16.7. The molecule has 3 heterocycles. The summed E-state index contributed by atoms with van der Waals surface area (Å²) < 4.78 is 27.1. The zero-order valence-corrected chi connectivity index (χ0v) is 16.0. The number of esters is 1. The number of carbonyl (C=O) groups is 1. The standard InChI is InChI=1S/C18H26O11/c1-3-25-17(24)8-4-10(27-7(8)2)16-15(9(20)6-26-16)29-18-14(23)13(22)12(21)11(5-19)28-18/h4,9,11-16,18-23H,3,5-6H2,1-2H3/t9-,11-,12-,13+,14-,15-,16+,18-/m1/s1. The molecule has 1 aromatic heterocycles. The Morgan fingerprint density at radius 1 is 1.21 bits per heavy atom. The van der Waals surface area contributed by atoms with Gasteiger partial charge in [-0.05, 0) is 19.9 Å². The number of aryl methyl sites for hydroxylation is 1. The van der Waals surface area contributed by atoms with Crippen LogP contribution in [-0.2, 0) is 18.9 Å². The minimum Gasteiger partial charge on any atom is -0.463 e. The average Bonchev–Trinajstić information content (AvgIpc) is 3.25. The largest absolute Gasteiger partial charge is 0.463 e. The number of aliphatic hydroxyl groups is 5. The van der Waals surface area contributed by atoms with Crippen molar-refractivity contribution in [3.05, 3.63) is 23.2 Å². The van der Waals surface area contributed by atoms with Crippen LogP contribution in [0.3, 0.4) is 0 Å². The van der Waals surface area contributed by atoms with E-state index in [9.17, 15) is 30.3 Å².